The third-order valence-electron chi connectivity index (χ3n) is 1.92. The molecule has 0 amide bonds. The molecule has 3 nitrogen and oxygen atoms in total. The normalized spacial score (nSPS) is 15.2. The van der Waals surface area contributed by atoms with Crippen LogP contribution in [-0.2, 0) is 11.4 Å². The van der Waals surface area contributed by atoms with Crippen LogP contribution in [0.3, 0.4) is 0 Å². The summed E-state index contributed by atoms with van der Waals surface area (Å²) in [4.78, 5) is 5.09. The number of nitrogens with one attached hydrogen (secondary N) is 1. The van der Waals surface area contributed by atoms with E-state index in [9.17, 15) is 0 Å². The fraction of sp³-hybridized carbons (Fsp3) is 0.200. The molecule has 1 N–H and O–H groups in total. The van der Waals surface area contributed by atoms with Crippen molar-refractivity contribution in [3.8, 4) is 0 Å². The van der Waals surface area contributed by atoms with Crippen molar-refractivity contribution in [2.75, 3.05) is 5.88 Å². The van der Waals surface area contributed by atoms with Gasteiger partial charge in [0.1, 0.15) is 0 Å². The van der Waals surface area contributed by atoms with Crippen LogP contribution < -0.4 is 5.59 Å². The summed E-state index contributed by atoms with van der Waals surface area (Å²) in [7, 11) is 0. The van der Waals surface area contributed by atoms with Crippen molar-refractivity contribution >= 4 is 11.6 Å². The second-order valence-electron chi connectivity index (χ2n) is 3.04. The first-order valence-electron chi connectivity index (χ1n) is 4.38. The Kier molecular flexibility index (Phi) is 2.91. The lowest BCUT2D eigenvalue weighted by Crippen LogP contribution is -2.26. The maximum absolute atomic E-state index is 5.62. The zero-order valence-electron chi connectivity index (χ0n) is 7.61. The lowest BCUT2D eigenvalue weighted by atomic mass is 10.2. The summed E-state index contributed by atoms with van der Waals surface area (Å²) in [6, 6.07) is 10.1. The van der Waals surface area contributed by atoms with Gasteiger partial charge in [-0.05, 0) is 5.56 Å². The monoisotopic (exact) mass is 210 g/mol. The Morgan fingerprint density at radius 3 is 2.71 bits per heavy atom. The van der Waals surface area contributed by atoms with Gasteiger partial charge in [0.15, 0.2) is 5.76 Å². The second kappa shape index (κ2) is 4.35. The molecule has 1 aliphatic heterocycles. The van der Waals surface area contributed by atoms with Gasteiger partial charge >= 0.3 is 0 Å². The summed E-state index contributed by atoms with van der Waals surface area (Å²) in [5, 5.41) is 1.85. The first kappa shape index (κ1) is 9.37. The minimum atomic E-state index is 0.387. The van der Waals surface area contributed by atoms with Crippen molar-refractivity contribution in [1.29, 1.82) is 0 Å². The predicted octanol–water partition coefficient (Wildman–Crippen LogP) is 2.02. The molecule has 1 aromatic rings. The summed E-state index contributed by atoms with van der Waals surface area (Å²) in [6.45, 7) is 0.765. The van der Waals surface area contributed by atoms with Crippen LogP contribution in [0.5, 0.6) is 0 Å². The number of rotatable bonds is 3. The van der Waals surface area contributed by atoms with E-state index in [1.165, 1.54) is 5.56 Å². The molecule has 1 aromatic carbocycles. The third kappa shape index (κ3) is 2.19. The highest BCUT2D eigenvalue weighted by atomic mass is 35.5. The Morgan fingerprint density at radius 2 is 2.07 bits per heavy atom. The zero-order chi connectivity index (χ0) is 9.80. The summed E-state index contributed by atoms with van der Waals surface area (Å²) in [5.41, 5.74) is 3.98. The van der Waals surface area contributed by atoms with Gasteiger partial charge in [0.25, 0.3) is 0 Å². The van der Waals surface area contributed by atoms with E-state index in [1.807, 2.05) is 29.4 Å². The van der Waals surface area contributed by atoms with E-state index >= 15 is 0 Å². The minimum Gasteiger partial charge on any atom is -0.391 e. The van der Waals surface area contributed by atoms with Crippen molar-refractivity contribution in [2.45, 2.75) is 6.54 Å². The number of halogens is 1. The van der Waals surface area contributed by atoms with Crippen molar-refractivity contribution in [2.24, 2.45) is 0 Å². The second-order valence-corrected chi connectivity index (χ2v) is 3.30. The molecule has 1 aliphatic rings. The van der Waals surface area contributed by atoms with Gasteiger partial charge in [0.2, 0.25) is 0 Å². The van der Waals surface area contributed by atoms with Gasteiger partial charge in [-0.1, -0.05) is 35.9 Å². The lowest BCUT2D eigenvalue weighted by Gasteiger charge is -2.13. The number of allylic oxidation sites excluding steroid dienone is 1. The van der Waals surface area contributed by atoms with E-state index in [4.69, 9.17) is 16.4 Å². The largest absolute Gasteiger partial charge is 0.391 e. The molecule has 0 radical (unpaired) electrons. The molecule has 74 valence electrons. The van der Waals surface area contributed by atoms with Gasteiger partial charge < -0.3 is 4.84 Å². The minimum absolute atomic E-state index is 0.387. The van der Waals surface area contributed by atoms with Gasteiger partial charge in [-0.25, -0.2) is 0 Å². The fourth-order valence-corrected chi connectivity index (χ4v) is 1.39. The van der Waals surface area contributed by atoms with E-state index in [-0.39, 0.29) is 0 Å². The molecule has 1 heterocycles. The van der Waals surface area contributed by atoms with Crippen LogP contribution in [0.2, 0.25) is 0 Å². The van der Waals surface area contributed by atoms with Crippen molar-refractivity contribution in [3.05, 3.63) is 47.9 Å². The fourth-order valence-electron chi connectivity index (χ4n) is 1.26. The summed E-state index contributed by atoms with van der Waals surface area (Å²) in [5.74, 6) is 1.13. The maximum Gasteiger partial charge on any atom is 0.158 e. The van der Waals surface area contributed by atoms with Crippen molar-refractivity contribution in [3.63, 3.8) is 0 Å². The van der Waals surface area contributed by atoms with E-state index < -0.39 is 0 Å². The van der Waals surface area contributed by atoms with Gasteiger partial charge in [0.05, 0.1) is 18.6 Å². The molecule has 4 heteroatoms. The lowest BCUT2D eigenvalue weighted by molar-refractivity contribution is 0.0188. The van der Waals surface area contributed by atoms with Crippen molar-refractivity contribution < 1.29 is 4.84 Å². The van der Waals surface area contributed by atoms with E-state index in [1.54, 1.807) is 0 Å². The summed E-state index contributed by atoms with van der Waals surface area (Å²) < 4.78 is 0. The Morgan fingerprint density at radius 1 is 1.29 bits per heavy atom. The standard InChI is InChI=1S/C10H11ClN2O/c11-6-10-8-13(12-14-10)7-9-4-2-1-3-5-9/h1-5,8,12H,6-7H2. The number of alkyl halides is 1. The molecule has 2 rings (SSSR count). The van der Waals surface area contributed by atoms with Crippen LogP contribution in [0.1, 0.15) is 5.56 Å². The number of benzene rings is 1. The molecule has 0 saturated heterocycles. The van der Waals surface area contributed by atoms with Gasteiger partial charge in [-0.2, -0.15) is 0 Å². The molecular weight excluding hydrogens is 200 g/mol. The van der Waals surface area contributed by atoms with E-state index in [0.29, 0.717) is 5.88 Å². The number of hydrogen-bond acceptors (Lipinski definition) is 3. The molecule has 0 spiro atoms. The first-order valence-corrected chi connectivity index (χ1v) is 4.91. The Hall–Kier alpha value is -1.19. The molecule has 0 unspecified atom stereocenters. The van der Waals surface area contributed by atoms with Crippen LogP contribution in [0.4, 0.5) is 0 Å². The first-order chi connectivity index (χ1) is 6.88. The predicted molar refractivity (Wildman–Crippen MR) is 55.0 cm³/mol. The summed E-state index contributed by atoms with van der Waals surface area (Å²) in [6.07, 6.45) is 1.86. The smallest absolute Gasteiger partial charge is 0.158 e. The van der Waals surface area contributed by atoms with Gasteiger partial charge in [0, 0.05) is 0 Å². The summed E-state index contributed by atoms with van der Waals surface area (Å²) >= 11 is 5.62. The third-order valence-corrected chi connectivity index (χ3v) is 2.18. The number of nitrogens with zero attached hydrogens (tertiary/aromatic N) is 1. The number of hydrogen-bond donors (Lipinski definition) is 1. The molecule has 0 aromatic heterocycles. The average molecular weight is 211 g/mol. The molecule has 0 atom stereocenters. The highest BCUT2D eigenvalue weighted by Crippen LogP contribution is 2.11. The van der Waals surface area contributed by atoms with Crippen LogP contribution in [-0.4, -0.2) is 10.9 Å². The van der Waals surface area contributed by atoms with Crippen LogP contribution in [0, 0.1) is 0 Å². The average Bonchev–Trinajstić information content (AvgIpc) is 2.67. The number of hydrazine groups is 1. The van der Waals surface area contributed by atoms with Crippen LogP contribution in [0.15, 0.2) is 42.3 Å². The zero-order valence-corrected chi connectivity index (χ0v) is 8.37. The topological polar surface area (TPSA) is 24.5 Å². The molecule has 0 fully saturated rings. The van der Waals surface area contributed by atoms with Gasteiger partial charge in [-0.3, -0.25) is 5.01 Å². The SMILES string of the molecule is ClCC1=CN(Cc2ccccc2)NO1. The van der Waals surface area contributed by atoms with Crippen LogP contribution >= 0.6 is 11.6 Å². The quantitative estimate of drug-likeness (QED) is 0.773. The Labute approximate surface area is 87.8 Å². The maximum atomic E-state index is 5.62. The highest BCUT2D eigenvalue weighted by Gasteiger charge is 2.11. The van der Waals surface area contributed by atoms with Crippen LogP contribution in [0.25, 0.3) is 0 Å². The highest BCUT2D eigenvalue weighted by molar-refractivity contribution is 6.19. The molecule has 0 aliphatic carbocycles. The molecule has 14 heavy (non-hydrogen) atoms. The molecular formula is C10H11ClN2O. The Balaban J connectivity index is 1.97. The molecule has 0 saturated carbocycles. The Bertz CT molecular complexity index is 326. The van der Waals surface area contributed by atoms with E-state index in [0.717, 1.165) is 12.3 Å². The van der Waals surface area contributed by atoms with Gasteiger partial charge in [-0.15, -0.1) is 11.6 Å². The van der Waals surface area contributed by atoms with Crippen molar-refractivity contribution in [1.82, 2.24) is 10.6 Å². The van der Waals surface area contributed by atoms with E-state index in [2.05, 4.69) is 17.7 Å². The molecule has 0 bridgehead atoms.